The Morgan fingerprint density at radius 1 is 1.53 bits per heavy atom. The van der Waals surface area contributed by atoms with Crippen molar-refractivity contribution in [3.05, 3.63) is 23.8 Å². The Morgan fingerprint density at radius 3 is 3.06 bits per heavy atom. The predicted molar refractivity (Wildman–Crippen MR) is 59.2 cm³/mol. The maximum absolute atomic E-state index is 11.1. The molecule has 0 fully saturated rings. The van der Waals surface area contributed by atoms with Crippen LogP contribution in [0.25, 0.3) is 0 Å². The molecule has 1 aliphatic rings. The number of esters is 1. The molecule has 0 saturated heterocycles. The summed E-state index contributed by atoms with van der Waals surface area (Å²) in [6, 6.07) is 5.26. The van der Waals surface area contributed by atoms with Gasteiger partial charge >= 0.3 is 5.97 Å². The topological polar surface area (TPSA) is 65.0 Å². The first-order valence-electron chi connectivity index (χ1n) is 5.33. The first kappa shape index (κ1) is 11.7. The van der Waals surface area contributed by atoms with E-state index in [0.29, 0.717) is 18.1 Å². The van der Waals surface area contributed by atoms with Crippen LogP contribution in [0, 0.1) is 0 Å². The first-order chi connectivity index (χ1) is 8.22. The molecule has 0 bridgehead atoms. The molecule has 1 N–H and O–H groups in total. The van der Waals surface area contributed by atoms with Crippen LogP contribution in [0.1, 0.15) is 5.56 Å². The van der Waals surface area contributed by atoms with Gasteiger partial charge in [0.25, 0.3) is 0 Å². The third-order valence-corrected chi connectivity index (χ3v) is 2.51. The van der Waals surface area contributed by atoms with Gasteiger partial charge in [0.15, 0.2) is 17.6 Å². The average molecular weight is 238 g/mol. The van der Waals surface area contributed by atoms with Crippen LogP contribution in [0.2, 0.25) is 0 Å². The highest BCUT2D eigenvalue weighted by atomic mass is 16.6. The lowest BCUT2D eigenvalue weighted by atomic mass is 10.1. The van der Waals surface area contributed by atoms with Crippen LogP contribution < -0.4 is 9.47 Å². The first-order valence-corrected chi connectivity index (χ1v) is 5.33. The van der Waals surface area contributed by atoms with E-state index in [4.69, 9.17) is 14.6 Å². The molecule has 0 radical (unpaired) electrons. The van der Waals surface area contributed by atoms with E-state index in [1.54, 1.807) is 18.2 Å². The molecule has 5 nitrogen and oxygen atoms in total. The zero-order valence-electron chi connectivity index (χ0n) is 9.51. The number of carbonyl (C=O) groups is 1. The highest BCUT2D eigenvalue weighted by molar-refractivity contribution is 5.72. The van der Waals surface area contributed by atoms with Crippen LogP contribution in [0.5, 0.6) is 11.5 Å². The summed E-state index contributed by atoms with van der Waals surface area (Å²) in [5.41, 5.74) is 0.807. The largest absolute Gasteiger partial charge is 0.486 e. The summed E-state index contributed by atoms with van der Waals surface area (Å²) >= 11 is 0. The van der Waals surface area contributed by atoms with Gasteiger partial charge in [0.2, 0.25) is 0 Å². The zero-order valence-corrected chi connectivity index (χ0v) is 9.51. The monoisotopic (exact) mass is 238 g/mol. The van der Waals surface area contributed by atoms with Crippen molar-refractivity contribution < 1.29 is 24.1 Å². The summed E-state index contributed by atoms with van der Waals surface area (Å²) in [5.74, 6) is 0.884. The van der Waals surface area contributed by atoms with Crippen molar-refractivity contribution in [1.82, 2.24) is 0 Å². The molecule has 1 aliphatic heterocycles. The van der Waals surface area contributed by atoms with Crippen LogP contribution in [0.4, 0.5) is 0 Å². The van der Waals surface area contributed by atoms with Crippen molar-refractivity contribution in [2.75, 3.05) is 20.3 Å². The predicted octanol–water partition coefficient (Wildman–Crippen LogP) is 0.534. The average Bonchev–Trinajstić information content (AvgIpc) is 2.38. The molecule has 0 saturated carbocycles. The Hall–Kier alpha value is -1.75. The fraction of sp³-hybridized carbons (Fsp3) is 0.417. The molecule has 0 aliphatic carbocycles. The van der Waals surface area contributed by atoms with Gasteiger partial charge in [-0.05, 0) is 17.7 Å². The summed E-state index contributed by atoms with van der Waals surface area (Å²) in [7, 11) is 1.35. The lowest BCUT2D eigenvalue weighted by molar-refractivity contribution is -0.139. The maximum Gasteiger partial charge on any atom is 0.309 e. The van der Waals surface area contributed by atoms with Crippen molar-refractivity contribution in [2.24, 2.45) is 0 Å². The van der Waals surface area contributed by atoms with Gasteiger partial charge in [-0.3, -0.25) is 4.79 Å². The van der Waals surface area contributed by atoms with Gasteiger partial charge in [0.1, 0.15) is 6.61 Å². The SMILES string of the molecule is COC(=O)Cc1ccc2c(c1)OCC(CO)O2. The van der Waals surface area contributed by atoms with E-state index in [1.165, 1.54) is 7.11 Å². The lowest BCUT2D eigenvalue weighted by Crippen LogP contribution is -2.32. The number of aliphatic hydroxyl groups is 1. The number of hydrogen-bond acceptors (Lipinski definition) is 5. The number of fused-ring (bicyclic) bond motifs is 1. The van der Waals surface area contributed by atoms with E-state index in [9.17, 15) is 4.79 Å². The van der Waals surface area contributed by atoms with E-state index in [0.717, 1.165) is 5.56 Å². The van der Waals surface area contributed by atoms with Crippen LogP contribution in [-0.2, 0) is 16.0 Å². The number of aliphatic hydroxyl groups excluding tert-OH is 1. The minimum absolute atomic E-state index is 0.0800. The van der Waals surface area contributed by atoms with Gasteiger partial charge < -0.3 is 19.3 Å². The van der Waals surface area contributed by atoms with Gasteiger partial charge in [-0.15, -0.1) is 0 Å². The van der Waals surface area contributed by atoms with Crippen molar-refractivity contribution in [3.63, 3.8) is 0 Å². The van der Waals surface area contributed by atoms with Gasteiger partial charge in [-0.25, -0.2) is 0 Å². The van der Waals surface area contributed by atoms with Crippen LogP contribution in [0.15, 0.2) is 18.2 Å². The molecule has 92 valence electrons. The number of methoxy groups -OCH3 is 1. The van der Waals surface area contributed by atoms with Gasteiger partial charge in [0.05, 0.1) is 20.1 Å². The van der Waals surface area contributed by atoms with Crippen LogP contribution in [-0.4, -0.2) is 37.5 Å². The van der Waals surface area contributed by atoms with E-state index in [2.05, 4.69) is 4.74 Å². The third-order valence-electron chi connectivity index (χ3n) is 2.51. The Kier molecular flexibility index (Phi) is 3.49. The van der Waals surface area contributed by atoms with E-state index >= 15 is 0 Å². The second kappa shape index (κ2) is 5.05. The van der Waals surface area contributed by atoms with Crippen molar-refractivity contribution >= 4 is 5.97 Å². The van der Waals surface area contributed by atoms with Gasteiger partial charge in [-0.1, -0.05) is 6.07 Å². The molecular weight excluding hydrogens is 224 g/mol. The quantitative estimate of drug-likeness (QED) is 0.778. The lowest BCUT2D eigenvalue weighted by Gasteiger charge is -2.25. The molecule has 1 heterocycles. The van der Waals surface area contributed by atoms with E-state index < -0.39 is 0 Å². The van der Waals surface area contributed by atoms with E-state index in [1.807, 2.05) is 0 Å². The van der Waals surface area contributed by atoms with E-state index in [-0.39, 0.29) is 25.1 Å². The molecule has 0 aromatic heterocycles. The number of benzene rings is 1. The molecule has 5 heteroatoms. The second-order valence-corrected chi connectivity index (χ2v) is 3.77. The summed E-state index contributed by atoms with van der Waals surface area (Å²) in [5, 5.41) is 8.96. The summed E-state index contributed by atoms with van der Waals surface area (Å²) in [6.07, 6.45) is -0.120. The molecule has 2 rings (SSSR count). The summed E-state index contributed by atoms with van der Waals surface area (Å²) in [4.78, 5) is 11.1. The number of rotatable bonds is 3. The molecule has 1 aromatic rings. The highest BCUT2D eigenvalue weighted by Gasteiger charge is 2.20. The highest BCUT2D eigenvalue weighted by Crippen LogP contribution is 2.32. The van der Waals surface area contributed by atoms with Crippen molar-refractivity contribution in [1.29, 1.82) is 0 Å². The van der Waals surface area contributed by atoms with Crippen molar-refractivity contribution in [3.8, 4) is 11.5 Å². The standard InChI is InChI=1S/C12H14O5/c1-15-12(14)5-8-2-3-10-11(4-8)16-7-9(6-13)17-10/h2-4,9,13H,5-7H2,1H3. The maximum atomic E-state index is 11.1. The molecular formula is C12H14O5. The molecule has 17 heavy (non-hydrogen) atoms. The Bertz CT molecular complexity index is 415. The summed E-state index contributed by atoms with van der Waals surface area (Å²) in [6.45, 7) is 0.231. The molecule has 1 atom stereocenters. The van der Waals surface area contributed by atoms with Gasteiger partial charge in [0, 0.05) is 0 Å². The Labute approximate surface area is 98.9 Å². The number of carbonyl (C=O) groups excluding carboxylic acids is 1. The van der Waals surface area contributed by atoms with Gasteiger partial charge in [-0.2, -0.15) is 0 Å². The van der Waals surface area contributed by atoms with Crippen LogP contribution in [0.3, 0.4) is 0 Å². The normalized spacial score (nSPS) is 17.6. The minimum Gasteiger partial charge on any atom is -0.486 e. The Morgan fingerprint density at radius 2 is 2.35 bits per heavy atom. The fourth-order valence-electron chi connectivity index (χ4n) is 1.60. The number of hydrogen-bond donors (Lipinski definition) is 1. The minimum atomic E-state index is -0.325. The van der Waals surface area contributed by atoms with Crippen molar-refractivity contribution in [2.45, 2.75) is 12.5 Å². The molecule has 1 aromatic carbocycles. The number of ether oxygens (including phenoxy) is 3. The third kappa shape index (κ3) is 2.68. The smallest absolute Gasteiger partial charge is 0.309 e. The van der Waals surface area contributed by atoms with Crippen LogP contribution >= 0.6 is 0 Å². The Balaban J connectivity index is 2.13. The molecule has 0 amide bonds. The fourth-order valence-corrected chi connectivity index (χ4v) is 1.60. The summed E-state index contributed by atoms with van der Waals surface area (Å²) < 4.78 is 15.5. The second-order valence-electron chi connectivity index (χ2n) is 3.77. The molecule has 0 spiro atoms. The molecule has 1 unspecified atom stereocenters. The zero-order chi connectivity index (χ0) is 12.3.